The van der Waals surface area contributed by atoms with Gasteiger partial charge in [0, 0.05) is 12.4 Å². The summed E-state index contributed by atoms with van der Waals surface area (Å²) in [6.45, 7) is 0. The number of carbonyl (C=O) groups is 1. The van der Waals surface area contributed by atoms with E-state index in [9.17, 15) is 14.3 Å². The molecule has 1 unspecified atom stereocenters. The zero-order chi connectivity index (χ0) is 13.8. The van der Waals surface area contributed by atoms with Crippen molar-refractivity contribution in [1.82, 2.24) is 9.97 Å². The van der Waals surface area contributed by atoms with Crippen LogP contribution in [0.3, 0.4) is 0 Å². The minimum Gasteiger partial charge on any atom is -0.481 e. The summed E-state index contributed by atoms with van der Waals surface area (Å²) in [5.41, 5.74) is 0.723. The van der Waals surface area contributed by atoms with Crippen LogP contribution in [0.5, 0.6) is 0 Å². The van der Waals surface area contributed by atoms with E-state index in [1.165, 1.54) is 24.5 Å². The molecule has 1 atom stereocenters. The fraction of sp³-hybridized carbons (Fsp3) is 0.154. The lowest BCUT2D eigenvalue weighted by Gasteiger charge is -2.10. The average molecular weight is 325 g/mol. The standard InChI is InChI=1S/C13H10BrFN2O2/c14-9-6-16-12(17-7-9)11(13(18)19)5-8-1-3-10(15)4-2-8/h1-4,6-7,11H,5H2,(H,18,19). The summed E-state index contributed by atoms with van der Waals surface area (Å²) in [5, 5.41) is 9.25. The summed E-state index contributed by atoms with van der Waals surface area (Å²) in [4.78, 5) is 19.3. The Morgan fingerprint density at radius 3 is 2.37 bits per heavy atom. The van der Waals surface area contributed by atoms with Crippen LogP contribution in [-0.4, -0.2) is 21.0 Å². The normalized spacial score (nSPS) is 12.1. The highest BCUT2D eigenvalue weighted by Crippen LogP contribution is 2.19. The number of halogens is 2. The van der Waals surface area contributed by atoms with Gasteiger partial charge in [-0.05, 0) is 40.0 Å². The van der Waals surface area contributed by atoms with Gasteiger partial charge in [-0.15, -0.1) is 0 Å². The van der Waals surface area contributed by atoms with Crippen molar-refractivity contribution in [2.45, 2.75) is 12.3 Å². The predicted octanol–water partition coefficient (Wildman–Crippen LogP) is 2.79. The van der Waals surface area contributed by atoms with Gasteiger partial charge in [-0.3, -0.25) is 4.79 Å². The first-order valence-electron chi connectivity index (χ1n) is 5.51. The molecule has 0 spiro atoms. The number of rotatable bonds is 4. The summed E-state index contributed by atoms with van der Waals surface area (Å²) in [7, 11) is 0. The molecule has 0 saturated carbocycles. The van der Waals surface area contributed by atoms with Crippen molar-refractivity contribution in [3.05, 3.63) is 58.3 Å². The number of carboxylic acids is 1. The van der Waals surface area contributed by atoms with Crippen LogP contribution in [0.4, 0.5) is 4.39 Å². The van der Waals surface area contributed by atoms with Crippen molar-refractivity contribution >= 4 is 21.9 Å². The second kappa shape index (κ2) is 5.88. The van der Waals surface area contributed by atoms with Crippen molar-refractivity contribution < 1.29 is 14.3 Å². The highest BCUT2D eigenvalue weighted by Gasteiger charge is 2.23. The van der Waals surface area contributed by atoms with E-state index in [1.807, 2.05) is 0 Å². The third-order valence-electron chi connectivity index (χ3n) is 2.60. The molecule has 0 radical (unpaired) electrons. The van der Waals surface area contributed by atoms with Gasteiger partial charge in [0.25, 0.3) is 0 Å². The minimum absolute atomic E-state index is 0.219. The molecule has 98 valence electrons. The van der Waals surface area contributed by atoms with Gasteiger partial charge >= 0.3 is 5.97 Å². The zero-order valence-corrected chi connectivity index (χ0v) is 11.3. The highest BCUT2D eigenvalue weighted by molar-refractivity contribution is 9.10. The zero-order valence-electron chi connectivity index (χ0n) is 9.75. The Kier molecular flexibility index (Phi) is 4.21. The van der Waals surface area contributed by atoms with Gasteiger partial charge in [0.05, 0.1) is 4.47 Å². The van der Waals surface area contributed by atoms with Crippen LogP contribution < -0.4 is 0 Å². The molecule has 2 aromatic rings. The summed E-state index contributed by atoms with van der Waals surface area (Å²) >= 11 is 3.19. The fourth-order valence-electron chi connectivity index (χ4n) is 1.65. The molecule has 6 heteroatoms. The lowest BCUT2D eigenvalue weighted by Crippen LogP contribution is -2.17. The number of aliphatic carboxylic acids is 1. The van der Waals surface area contributed by atoms with E-state index in [0.717, 1.165) is 5.56 Å². The van der Waals surface area contributed by atoms with Crippen LogP contribution in [-0.2, 0) is 11.2 Å². The van der Waals surface area contributed by atoms with Gasteiger partial charge in [0.15, 0.2) is 0 Å². The van der Waals surface area contributed by atoms with Gasteiger partial charge in [-0.25, -0.2) is 14.4 Å². The summed E-state index contributed by atoms with van der Waals surface area (Å²) in [5.74, 6) is -1.97. The van der Waals surface area contributed by atoms with Crippen molar-refractivity contribution in [3.8, 4) is 0 Å². The predicted molar refractivity (Wildman–Crippen MR) is 70.2 cm³/mol. The molecular weight excluding hydrogens is 315 g/mol. The molecule has 0 amide bonds. The Bertz CT molecular complexity index is 572. The molecule has 0 fully saturated rings. The fourth-order valence-corrected chi connectivity index (χ4v) is 1.85. The second-order valence-corrected chi connectivity index (χ2v) is 4.90. The smallest absolute Gasteiger partial charge is 0.314 e. The molecule has 1 aromatic carbocycles. The quantitative estimate of drug-likeness (QED) is 0.939. The summed E-state index contributed by atoms with van der Waals surface area (Å²) in [6, 6.07) is 5.72. The number of nitrogens with zero attached hydrogens (tertiary/aromatic N) is 2. The molecule has 0 aliphatic carbocycles. The molecule has 1 N–H and O–H groups in total. The number of aromatic nitrogens is 2. The Labute approximate surface area is 117 Å². The topological polar surface area (TPSA) is 63.1 Å². The monoisotopic (exact) mass is 324 g/mol. The Morgan fingerprint density at radius 2 is 1.84 bits per heavy atom. The largest absolute Gasteiger partial charge is 0.481 e. The SMILES string of the molecule is O=C(O)C(Cc1ccc(F)cc1)c1ncc(Br)cn1. The molecule has 4 nitrogen and oxygen atoms in total. The molecule has 0 saturated heterocycles. The molecule has 0 bridgehead atoms. The van der Waals surface area contributed by atoms with Crippen LogP contribution in [0, 0.1) is 5.82 Å². The van der Waals surface area contributed by atoms with Crippen LogP contribution in [0.15, 0.2) is 41.1 Å². The summed E-state index contributed by atoms with van der Waals surface area (Å²) in [6.07, 6.45) is 3.23. The second-order valence-electron chi connectivity index (χ2n) is 3.98. The van der Waals surface area contributed by atoms with Crippen LogP contribution in [0.25, 0.3) is 0 Å². The number of carboxylic acid groups (broad SMARTS) is 1. The van der Waals surface area contributed by atoms with E-state index in [1.54, 1.807) is 12.1 Å². The third-order valence-corrected chi connectivity index (χ3v) is 3.01. The first-order valence-corrected chi connectivity index (χ1v) is 6.30. The third kappa shape index (κ3) is 3.57. The van der Waals surface area contributed by atoms with E-state index in [-0.39, 0.29) is 18.1 Å². The van der Waals surface area contributed by atoms with Crippen molar-refractivity contribution in [2.75, 3.05) is 0 Å². The van der Waals surface area contributed by atoms with E-state index in [4.69, 9.17) is 0 Å². The van der Waals surface area contributed by atoms with Crippen LogP contribution >= 0.6 is 15.9 Å². The molecule has 2 rings (SSSR count). The molecular formula is C13H10BrFN2O2. The van der Waals surface area contributed by atoms with Gasteiger partial charge < -0.3 is 5.11 Å². The van der Waals surface area contributed by atoms with Gasteiger partial charge in [-0.1, -0.05) is 12.1 Å². The number of benzene rings is 1. The Morgan fingerprint density at radius 1 is 1.26 bits per heavy atom. The minimum atomic E-state index is -1.01. The average Bonchev–Trinajstić information content (AvgIpc) is 2.39. The van der Waals surface area contributed by atoms with Crippen molar-refractivity contribution in [2.24, 2.45) is 0 Å². The molecule has 1 heterocycles. The maximum atomic E-state index is 12.8. The molecule has 0 aliphatic heterocycles. The number of hydrogen-bond donors (Lipinski definition) is 1. The van der Waals surface area contributed by atoms with Crippen LogP contribution in [0.2, 0.25) is 0 Å². The van der Waals surface area contributed by atoms with Crippen LogP contribution in [0.1, 0.15) is 17.3 Å². The maximum absolute atomic E-state index is 12.8. The molecule has 0 aliphatic rings. The first-order chi connectivity index (χ1) is 9.06. The molecule has 19 heavy (non-hydrogen) atoms. The first kappa shape index (κ1) is 13.6. The van der Waals surface area contributed by atoms with Crippen molar-refractivity contribution in [1.29, 1.82) is 0 Å². The van der Waals surface area contributed by atoms with E-state index in [2.05, 4.69) is 25.9 Å². The van der Waals surface area contributed by atoms with Gasteiger partial charge in [0.2, 0.25) is 0 Å². The lowest BCUT2D eigenvalue weighted by molar-refractivity contribution is -0.139. The van der Waals surface area contributed by atoms with E-state index < -0.39 is 11.9 Å². The van der Waals surface area contributed by atoms with Gasteiger partial charge in [-0.2, -0.15) is 0 Å². The summed E-state index contributed by atoms with van der Waals surface area (Å²) < 4.78 is 13.5. The van der Waals surface area contributed by atoms with E-state index in [0.29, 0.717) is 4.47 Å². The maximum Gasteiger partial charge on any atom is 0.314 e. The number of hydrogen-bond acceptors (Lipinski definition) is 3. The van der Waals surface area contributed by atoms with Crippen molar-refractivity contribution in [3.63, 3.8) is 0 Å². The Hall–Kier alpha value is -1.82. The molecule has 1 aromatic heterocycles. The highest BCUT2D eigenvalue weighted by atomic mass is 79.9. The Balaban J connectivity index is 2.23. The van der Waals surface area contributed by atoms with E-state index >= 15 is 0 Å². The van der Waals surface area contributed by atoms with Gasteiger partial charge in [0.1, 0.15) is 17.6 Å². The lowest BCUT2D eigenvalue weighted by atomic mass is 9.98.